The molecule has 20 heavy (non-hydrogen) atoms. The van der Waals surface area contributed by atoms with Gasteiger partial charge in [0, 0.05) is 18.7 Å². The summed E-state index contributed by atoms with van der Waals surface area (Å²) in [4.78, 5) is 20.8. The van der Waals surface area contributed by atoms with E-state index in [-0.39, 0.29) is 30.2 Å². The summed E-state index contributed by atoms with van der Waals surface area (Å²) in [5, 5.41) is 10.5. The first kappa shape index (κ1) is 16.1. The maximum atomic E-state index is 11.8. The lowest BCUT2D eigenvalue weighted by molar-refractivity contribution is -0.384. The molecule has 1 aromatic rings. The van der Waals surface area contributed by atoms with Gasteiger partial charge in [-0.3, -0.25) is 14.9 Å². The molecular weight excluding hydrogens is 288 g/mol. The predicted octanol–water partition coefficient (Wildman–Crippen LogP) is 0.826. The van der Waals surface area contributed by atoms with Crippen molar-refractivity contribution in [1.29, 1.82) is 0 Å². The fourth-order valence-electron chi connectivity index (χ4n) is 1.35. The van der Waals surface area contributed by atoms with E-state index in [1.807, 2.05) is 0 Å². The Kier molecular flexibility index (Phi) is 5.59. The van der Waals surface area contributed by atoms with Crippen LogP contribution in [0.5, 0.6) is 0 Å². The van der Waals surface area contributed by atoms with E-state index < -0.39 is 20.9 Å². The summed E-state index contributed by atoms with van der Waals surface area (Å²) in [7, 11) is -3.79. The molecule has 0 bridgehead atoms. The molecule has 9 heteroatoms. The van der Waals surface area contributed by atoms with Crippen molar-refractivity contribution in [3.8, 4) is 0 Å². The quantitative estimate of drug-likeness (QED) is 0.453. The molecule has 0 aliphatic heterocycles. The van der Waals surface area contributed by atoms with Gasteiger partial charge in [0.15, 0.2) is 0 Å². The summed E-state index contributed by atoms with van der Waals surface area (Å²) in [5.41, 5.74) is -0.199. The van der Waals surface area contributed by atoms with Gasteiger partial charge in [-0.2, -0.15) is 0 Å². The Morgan fingerprint density at radius 1 is 1.35 bits per heavy atom. The van der Waals surface area contributed by atoms with Crippen LogP contribution in [0, 0.1) is 10.1 Å². The Bertz CT molecular complexity index is 581. The SMILES string of the molecule is CCOC(=O)CCNS(=O)(=O)c1ccc([N+](=O)[O-])cc1. The van der Waals surface area contributed by atoms with Gasteiger partial charge >= 0.3 is 5.97 Å². The van der Waals surface area contributed by atoms with Gasteiger partial charge in [-0.25, -0.2) is 13.1 Å². The predicted molar refractivity (Wildman–Crippen MR) is 69.5 cm³/mol. The van der Waals surface area contributed by atoms with Crippen molar-refractivity contribution in [2.75, 3.05) is 13.2 Å². The number of nitro benzene ring substituents is 1. The molecule has 0 radical (unpaired) electrons. The van der Waals surface area contributed by atoms with E-state index in [0.29, 0.717) is 0 Å². The lowest BCUT2D eigenvalue weighted by Crippen LogP contribution is -2.26. The highest BCUT2D eigenvalue weighted by atomic mass is 32.2. The second-order valence-corrected chi connectivity index (χ2v) is 5.47. The Labute approximate surface area is 115 Å². The minimum Gasteiger partial charge on any atom is -0.466 e. The molecule has 0 heterocycles. The molecule has 0 aliphatic carbocycles. The van der Waals surface area contributed by atoms with Gasteiger partial charge in [0.2, 0.25) is 10.0 Å². The highest BCUT2D eigenvalue weighted by molar-refractivity contribution is 7.89. The summed E-state index contributed by atoms with van der Waals surface area (Å²) in [6, 6.07) is 4.45. The Hall–Kier alpha value is -2.00. The van der Waals surface area contributed by atoms with E-state index in [1.54, 1.807) is 6.92 Å². The summed E-state index contributed by atoms with van der Waals surface area (Å²) in [5.74, 6) is -0.501. The van der Waals surface area contributed by atoms with Crippen LogP contribution in [0.3, 0.4) is 0 Å². The molecule has 1 N–H and O–H groups in total. The summed E-state index contributed by atoms with van der Waals surface area (Å²) < 4.78 is 30.5. The minimum atomic E-state index is -3.79. The highest BCUT2D eigenvalue weighted by Crippen LogP contribution is 2.15. The van der Waals surface area contributed by atoms with Gasteiger partial charge in [0.25, 0.3) is 5.69 Å². The lowest BCUT2D eigenvalue weighted by atomic mass is 10.3. The molecule has 0 amide bonds. The molecule has 0 unspecified atom stereocenters. The molecule has 8 nitrogen and oxygen atoms in total. The average Bonchev–Trinajstić information content (AvgIpc) is 2.39. The van der Waals surface area contributed by atoms with Crippen LogP contribution in [0.25, 0.3) is 0 Å². The van der Waals surface area contributed by atoms with Gasteiger partial charge in [0.1, 0.15) is 0 Å². The van der Waals surface area contributed by atoms with Crippen molar-refractivity contribution in [3.05, 3.63) is 34.4 Å². The van der Waals surface area contributed by atoms with Crippen molar-refractivity contribution in [3.63, 3.8) is 0 Å². The van der Waals surface area contributed by atoms with E-state index >= 15 is 0 Å². The molecular formula is C11H14N2O6S. The van der Waals surface area contributed by atoms with E-state index in [1.165, 1.54) is 0 Å². The van der Waals surface area contributed by atoms with E-state index in [0.717, 1.165) is 24.3 Å². The van der Waals surface area contributed by atoms with Gasteiger partial charge in [-0.05, 0) is 19.1 Å². The number of non-ortho nitro benzene ring substituents is 1. The van der Waals surface area contributed by atoms with Crippen LogP contribution in [-0.2, 0) is 19.6 Å². The van der Waals surface area contributed by atoms with Crippen molar-refractivity contribution >= 4 is 21.7 Å². The molecule has 110 valence electrons. The zero-order valence-electron chi connectivity index (χ0n) is 10.7. The average molecular weight is 302 g/mol. The number of rotatable bonds is 7. The summed E-state index contributed by atoms with van der Waals surface area (Å²) in [6.07, 6.45) is -0.0833. The fourth-order valence-corrected chi connectivity index (χ4v) is 2.38. The second kappa shape index (κ2) is 6.96. The van der Waals surface area contributed by atoms with Crippen LogP contribution in [0.1, 0.15) is 13.3 Å². The number of hydrogen-bond donors (Lipinski definition) is 1. The molecule has 0 atom stereocenters. The fraction of sp³-hybridized carbons (Fsp3) is 0.364. The van der Waals surface area contributed by atoms with Crippen LogP contribution in [0.4, 0.5) is 5.69 Å². The van der Waals surface area contributed by atoms with Gasteiger partial charge in [0.05, 0.1) is 22.8 Å². The number of esters is 1. The number of nitrogens with zero attached hydrogens (tertiary/aromatic N) is 1. The molecule has 0 saturated carbocycles. The van der Waals surface area contributed by atoms with Gasteiger partial charge < -0.3 is 4.74 Å². The van der Waals surface area contributed by atoms with E-state index in [2.05, 4.69) is 9.46 Å². The minimum absolute atomic E-state index is 0.0833. The van der Waals surface area contributed by atoms with Crippen LogP contribution >= 0.6 is 0 Å². The second-order valence-electron chi connectivity index (χ2n) is 3.70. The maximum Gasteiger partial charge on any atom is 0.307 e. The Morgan fingerprint density at radius 3 is 2.45 bits per heavy atom. The van der Waals surface area contributed by atoms with Crippen LogP contribution in [0.2, 0.25) is 0 Å². The zero-order chi connectivity index (χ0) is 15.2. The van der Waals surface area contributed by atoms with Crippen LogP contribution in [-0.4, -0.2) is 32.5 Å². The number of nitrogens with one attached hydrogen (secondary N) is 1. The van der Waals surface area contributed by atoms with Crippen LogP contribution in [0.15, 0.2) is 29.2 Å². The van der Waals surface area contributed by atoms with Gasteiger partial charge in [-0.15, -0.1) is 0 Å². The standard InChI is InChI=1S/C11H14N2O6S/c1-2-19-11(14)7-8-12-20(17,18)10-5-3-9(4-6-10)13(15)16/h3-6,12H,2,7-8H2,1H3. The Balaban J connectivity index is 2.64. The maximum absolute atomic E-state index is 11.8. The molecule has 0 fully saturated rings. The van der Waals surface area contributed by atoms with Crippen molar-refractivity contribution in [1.82, 2.24) is 4.72 Å². The van der Waals surface area contributed by atoms with Crippen molar-refractivity contribution < 1.29 is 22.9 Å². The molecule has 1 aromatic carbocycles. The van der Waals surface area contributed by atoms with Crippen molar-refractivity contribution in [2.24, 2.45) is 0 Å². The molecule has 1 rings (SSSR count). The monoisotopic (exact) mass is 302 g/mol. The zero-order valence-corrected chi connectivity index (χ0v) is 11.6. The third-order valence-corrected chi connectivity index (χ3v) is 3.76. The van der Waals surface area contributed by atoms with E-state index in [4.69, 9.17) is 0 Å². The van der Waals surface area contributed by atoms with E-state index in [9.17, 15) is 23.3 Å². The number of carbonyl (C=O) groups is 1. The molecule has 0 spiro atoms. The largest absolute Gasteiger partial charge is 0.466 e. The number of hydrogen-bond acceptors (Lipinski definition) is 6. The molecule has 0 saturated heterocycles. The number of ether oxygens (including phenoxy) is 1. The van der Waals surface area contributed by atoms with Crippen LogP contribution < -0.4 is 4.72 Å². The first-order valence-electron chi connectivity index (χ1n) is 5.76. The smallest absolute Gasteiger partial charge is 0.307 e. The number of sulfonamides is 1. The molecule has 0 aliphatic rings. The van der Waals surface area contributed by atoms with Gasteiger partial charge in [-0.1, -0.05) is 0 Å². The summed E-state index contributed by atoms with van der Waals surface area (Å²) in [6.45, 7) is 1.78. The lowest BCUT2D eigenvalue weighted by Gasteiger charge is -2.06. The first-order chi connectivity index (χ1) is 9.36. The normalized spacial score (nSPS) is 11.1. The number of nitro groups is 1. The number of carbonyl (C=O) groups excluding carboxylic acids is 1. The topological polar surface area (TPSA) is 116 Å². The highest BCUT2D eigenvalue weighted by Gasteiger charge is 2.16. The third kappa shape index (κ3) is 4.59. The van der Waals surface area contributed by atoms with Crippen molar-refractivity contribution in [2.45, 2.75) is 18.2 Å². The third-order valence-electron chi connectivity index (χ3n) is 2.28. The summed E-state index contributed by atoms with van der Waals surface area (Å²) >= 11 is 0. The Morgan fingerprint density at radius 2 is 1.95 bits per heavy atom. The molecule has 0 aromatic heterocycles. The first-order valence-corrected chi connectivity index (χ1v) is 7.25. The number of benzene rings is 1.